The molecule has 5 aromatic rings. The van der Waals surface area contributed by atoms with Gasteiger partial charge in [-0.1, -0.05) is 72.3 Å². The number of methoxy groups -OCH3 is 2. The van der Waals surface area contributed by atoms with Gasteiger partial charge in [-0.05, 0) is 93.8 Å². The number of anilines is 1. The number of sulfonamides is 1. The Morgan fingerprint density at radius 1 is 0.887 bits per heavy atom. The van der Waals surface area contributed by atoms with E-state index in [-0.39, 0.29) is 48.9 Å². The van der Waals surface area contributed by atoms with Crippen LogP contribution in [0.4, 0.5) is 5.82 Å². The lowest BCUT2D eigenvalue weighted by Gasteiger charge is -2.39. The van der Waals surface area contributed by atoms with Crippen LogP contribution in [0.5, 0.6) is 11.5 Å². The number of aromatic nitrogens is 2. The van der Waals surface area contributed by atoms with Gasteiger partial charge in [0, 0.05) is 24.7 Å². The number of hydrogen-bond acceptors (Lipinski definition) is 12. The lowest BCUT2D eigenvalue weighted by atomic mass is 9.80. The second-order valence-electron chi connectivity index (χ2n) is 15.3. The standard InChI is InChI=1S/C46H54N5O9PS/c1-32(2)51(33(3)4)61(58-29-11-27-47)60-41-30-44(50-28-26-43(48-45(50)52)49-62(53,54)40-24-14-34(5)15-25-40)59-42(41)31-57-46(35-12-9-8-10-13-35,36-16-20-38(55-6)21-17-36)37-18-22-39(56-7)23-19-37/h8-10,12-26,28,32-33,41-42,44H,11,29-31H2,1-7H3,(H,48,49,52)/t41-,42+,44+,61?/m0/s1. The molecule has 0 spiro atoms. The first-order valence-electron chi connectivity index (χ1n) is 20.4. The molecule has 1 aliphatic rings. The van der Waals surface area contributed by atoms with Gasteiger partial charge in [0.05, 0.1) is 50.9 Å². The molecule has 1 saturated heterocycles. The van der Waals surface area contributed by atoms with E-state index in [1.54, 1.807) is 26.4 Å². The Morgan fingerprint density at radius 3 is 2.00 bits per heavy atom. The SMILES string of the molecule is COc1ccc(C(OC[C@H]2O[C@@H](n3ccc(NS(=O)(=O)c4ccc(C)cc4)nc3=O)C[C@@H]2OP(OCCC#N)N(C(C)C)C(C)C)(c2ccccc2)c2ccc(OC)cc2)cc1. The van der Waals surface area contributed by atoms with Crippen LogP contribution in [0.15, 0.2) is 125 Å². The summed E-state index contributed by atoms with van der Waals surface area (Å²) in [6.07, 6.45) is -0.508. The third kappa shape index (κ3) is 10.7. The first-order chi connectivity index (χ1) is 29.8. The summed E-state index contributed by atoms with van der Waals surface area (Å²) in [6, 6.07) is 35.2. The van der Waals surface area contributed by atoms with E-state index >= 15 is 0 Å². The van der Waals surface area contributed by atoms with E-state index in [2.05, 4.69) is 48.1 Å². The summed E-state index contributed by atoms with van der Waals surface area (Å²) in [7, 11) is -2.52. The summed E-state index contributed by atoms with van der Waals surface area (Å²) in [5.41, 5.74) is 1.47. The molecule has 0 bridgehead atoms. The third-order valence-corrected chi connectivity index (χ3v) is 13.9. The molecule has 16 heteroatoms. The number of rotatable bonds is 20. The van der Waals surface area contributed by atoms with Crippen molar-refractivity contribution in [2.24, 2.45) is 0 Å². The van der Waals surface area contributed by atoms with E-state index in [1.807, 2.05) is 85.8 Å². The summed E-state index contributed by atoms with van der Waals surface area (Å²) >= 11 is 0. The molecule has 1 fully saturated rings. The van der Waals surface area contributed by atoms with Crippen molar-refractivity contribution in [3.8, 4) is 17.6 Å². The number of benzene rings is 4. The van der Waals surface area contributed by atoms with Crippen LogP contribution in [0, 0.1) is 18.3 Å². The van der Waals surface area contributed by atoms with Crippen molar-refractivity contribution >= 4 is 24.4 Å². The van der Waals surface area contributed by atoms with Gasteiger partial charge < -0.3 is 28.0 Å². The Bertz CT molecular complexity index is 2370. The Labute approximate surface area is 365 Å². The highest BCUT2D eigenvalue weighted by atomic mass is 32.2. The molecule has 0 aliphatic carbocycles. The van der Waals surface area contributed by atoms with E-state index in [0.717, 1.165) is 22.3 Å². The predicted octanol–water partition coefficient (Wildman–Crippen LogP) is 8.33. The molecule has 1 aliphatic heterocycles. The smallest absolute Gasteiger partial charge is 0.351 e. The molecule has 4 atom stereocenters. The molecule has 2 heterocycles. The average molecular weight is 884 g/mol. The highest BCUT2D eigenvalue weighted by Gasteiger charge is 2.45. The summed E-state index contributed by atoms with van der Waals surface area (Å²) < 4.78 is 70.5. The Balaban J connectivity index is 1.39. The number of ether oxygens (including phenoxy) is 4. The van der Waals surface area contributed by atoms with Crippen molar-refractivity contribution in [1.29, 1.82) is 5.26 Å². The van der Waals surface area contributed by atoms with Crippen molar-refractivity contribution in [2.45, 2.75) is 88.5 Å². The van der Waals surface area contributed by atoms with Crippen LogP contribution < -0.4 is 19.9 Å². The molecule has 1 aromatic heterocycles. The lowest BCUT2D eigenvalue weighted by molar-refractivity contribution is -0.0925. The number of hydrogen-bond donors (Lipinski definition) is 1. The van der Waals surface area contributed by atoms with Crippen LogP contribution in [-0.4, -0.2) is 74.4 Å². The van der Waals surface area contributed by atoms with Gasteiger partial charge in [0.2, 0.25) is 0 Å². The molecule has 62 heavy (non-hydrogen) atoms. The van der Waals surface area contributed by atoms with E-state index in [4.69, 9.17) is 28.0 Å². The highest BCUT2D eigenvalue weighted by Crippen LogP contribution is 2.50. The summed E-state index contributed by atoms with van der Waals surface area (Å²) in [4.78, 5) is 17.9. The fraction of sp³-hybridized carbons (Fsp3) is 0.370. The highest BCUT2D eigenvalue weighted by molar-refractivity contribution is 7.92. The van der Waals surface area contributed by atoms with Gasteiger partial charge in [-0.3, -0.25) is 9.29 Å². The van der Waals surface area contributed by atoms with Crippen LogP contribution in [-0.2, 0) is 34.1 Å². The van der Waals surface area contributed by atoms with E-state index in [0.29, 0.717) is 11.5 Å². The van der Waals surface area contributed by atoms with Gasteiger partial charge in [0.15, 0.2) is 0 Å². The van der Waals surface area contributed by atoms with E-state index in [9.17, 15) is 18.5 Å². The topological polar surface area (TPSA) is 163 Å². The first-order valence-corrected chi connectivity index (χ1v) is 23.0. The molecule has 1 N–H and O–H groups in total. The van der Waals surface area contributed by atoms with Crippen molar-refractivity contribution in [3.63, 3.8) is 0 Å². The Kier molecular flexibility index (Phi) is 15.5. The molecule has 0 amide bonds. The van der Waals surface area contributed by atoms with Gasteiger partial charge in [-0.25, -0.2) is 17.9 Å². The maximum atomic E-state index is 13.8. The quantitative estimate of drug-likeness (QED) is 0.0453. The summed E-state index contributed by atoms with van der Waals surface area (Å²) in [5, 5.41) is 9.38. The zero-order chi connectivity index (χ0) is 44.4. The van der Waals surface area contributed by atoms with Crippen LogP contribution in [0.1, 0.15) is 69.0 Å². The average Bonchev–Trinajstić information content (AvgIpc) is 3.66. The number of nitrogens with one attached hydrogen (secondary N) is 1. The van der Waals surface area contributed by atoms with E-state index in [1.165, 1.54) is 29.0 Å². The zero-order valence-electron chi connectivity index (χ0n) is 36.0. The van der Waals surface area contributed by atoms with Crippen LogP contribution >= 0.6 is 8.53 Å². The second-order valence-corrected chi connectivity index (χ2v) is 18.4. The molecule has 328 valence electrons. The van der Waals surface area contributed by atoms with Gasteiger partial charge in [0.1, 0.15) is 35.2 Å². The van der Waals surface area contributed by atoms with Crippen LogP contribution in [0.2, 0.25) is 0 Å². The Morgan fingerprint density at radius 2 is 1.47 bits per heavy atom. The van der Waals surface area contributed by atoms with Crippen molar-refractivity contribution in [1.82, 2.24) is 14.2 Å². The van der Waals surface area contributed by atoms with Gasteiger partial charge in [-0.15, -0.1) is 0 Å². The molecule has 0 radical (unpaired) electrons. The molecule has 14 nitrogen and oxygen atoms in total. The van der Waals surface area contributed by atoms with Crippen LogP contribution in [0.25, 0.3) is 0 Å². The van der Waals surface area contributed by atoms with Crippen molar-refractivity contribution < 1.29 is 36.4 Å². The zero-order valence-corrected chi connectivity index (χ0v) is 37.7. The fourth-order valence-corrected chi connectivity index (χ4v) is 10.2. The molecular weight excluding hydrogens is 830 g/mol. The number of nitrogens with zero attached hydrogens (tertiary/aromatic N) is 4. The van der Waals surface area contributed by atoms with Gasteiger partial charge in [0.25, 0.3) is 18.5 Å². The maximum Gasteiger partial charge on any atom is 0.351 e. The molecule has 0 saturated carbocycles. The number of aryl methyl sites for hydroxylation is 1. The minimum absolute atomic E-state index is 0.0184. The Hall–Kier alpha value is -5.17. The van der Waals surface area contributed by atoms with E-state index < -0.39 is 48.3 Å². The maximum absolute atomic E-state index is 13.8. The van der Waals surface area contributed by atoms with Crippen molar-refractivity contribution in [3.05, 3.63) is 148 Å². The fourth-order valence-electron chi connectivity index (χ4n) is 7.43. The second kappa shape index (κ2) is 20.8. The largest absolute Gasteiger partial charge is 0.497 e. The predicted molar refractivity (Wildman–Crippen MR) is 237 cm³/mol. The monoisotopic (exact) mass is 883 g/mol. The van der Waals surface area contributed by atoms with Crippen LogP contribution in [0.3, 0.4) is 0 Å². The third-order valence-electron chi connectivity index (χ3n) is 10.4. The molecule has 6 rings (SSSR count). The minimum atomic E-state index is -4.02. The van der Waals surface area contributed by atoms with Gasteiger partial charge >= 0.3 is 5.69 Å². The molecular formula is C46H54N5O9PS. The summed E-state index contributed by atoms with van der Waals surface area (Å²) in [6.45, 7) is 10.2. The summed E-state index contributed by atoms with van der Waals surface area (Å²) in [5.74, 6) is 1.22. The molecule has 1 unspecified atom stereocenters. The normalized spacial score (nSPS) is 17.3. The first kappa shape index (κ1) is 46.3. The lowest BCUT2D eigenvalue weighted by Crippen LogP contribution is -2.39. The minimum Gasteiger partial charge on any atom is -0.497 e. The van der Waals surface area contributed by atoms with Gasteiger partial charge in [-0.2, -0.15) is 10.2 Å². The number of nitriles is 1. The molecule has 4 aromatic carbocycles. The van der Waals surface area contributed by atoms with Crippen molar-refractivity contribution in [2.75, 3.05) is 32.2 Å².